The highest BCUT2D eigenvalue weighted by molar-refractivity contribution is 6.30. The van der Waals surface area contributed by atoms with Crippen molar-refractivity contribution < 1.29 is 13.9 Å². The monoisotopic (exact) mass is 484 g/mol. The Morgan fingerprint density at radius 1 is 1.12 bits per heavy atom. The van der Waals surface area contributed by atoms with Crippen LogP contribution < -0.4 is 20.3 Å². The first kappa shape index (κ1) is 23.7. The smallest absolute Gasteiger partial charge is 0.232 e. The summed E-state index contributed by atoms with van der Waals surface area (Å²) in [5.41, 5.74) is 2.41. The largest absolute Gasteiger partial charge is 0.490 e. The molecule has 0 bridgehead atoms. The van der Waals surface area contributed by atoms with Crippen molar-refractivity contribution in [2.45, 2.75) is 39.7 Å². The van der Waals surface area contributed by atoms with Crippen LogP contribution in [0.25, 0.3) is 0 Å². The molecule has 4 rings (SSSR count). The first-order valence-electron chi connectivity index (χ1n) is 11.0. The molecule has 0 aliphatic carbocycles. The summed E-state index contributed by atoms with van der Waals surface area (Å²) in [7, 11) is 0. The Balaban J connectivity index is 1.43. The lowest BCUT2D eigenvalue weighted by Crippen LogP contribution is -2.39. The molecule has 3 aromatic rings. The maximum absolute atomic E-state index is 13.7. The number of hydrogen-bond donors (Lipinski definition) is 2. The van der Waals surface area contributed by atoms with Gasteiger partial charge in [0.1, 0.15) is 23.5 Å². The van der Waals surface area contributed by atoms with E-state index in [0.29, 0.717) is 36.6 Å². The highest BCUT2D eigenvalue weighted by Crippen LogP contribution is 2.27. The summed E-state index contributed by atoms with van der Waals surface area (Å²) < 4.78 is 19.6. The molecule has 0 spiro atoms. The van der Waals surface area contributed by atoms with Crippen LogP contribution in [-0.2, 0) is 4.79 Å². The van der Waals surface area contributed by atoms with Gasteiger partial charge < -0.3 is 20.3 Å². The van der Waals surface area contributed by atoms with Crippen LogP contribution in [0.5, 0.6) is 5.75 Å². The van der Waals surface area contributed by atoms with Gasteiger partial charge in [-0.05, 0) is 43.7 Å². The molecule has 1 aliphatic rings. The van der Waals surface area contributed by atoms with Crippen LogP contribution in [0.15, 0.2) is 36.4 Å². The molecule has 1 aliphatic heterocycles. The van der Waals surface area contributed by atoms with Crippen LogP contribution in [0.4, 0.5) is 27.7 Å². The SMILES string of the molecule is CC(=O)Nc1cccc(Nc2nc(C)nc(N3CCC(Oc4ccc(Cl)c(F)c4)CC3)n2)c1C. The van der Waals surface area contributed by atoms with E-state index in [1.165, 1.54) is 19.1 Å². The number of aryl methyl sites for hydroxylation is 1. The lowest BCUT2D eigenvalue weighted by atomic mass is 10.1. The molecule has 0 atom stereocenters. The number of nitrogens with zero attached hydrogens (tertiary/aromatic N) is 4. The minimum absolute atomic E-state index is 0.0310. The average molecular weight is 485 g/mol. The zero-order valence-corrected chi connectivity index (χ0v) is 20.0. The predicted octanol–water partition coefficient (Wildman–Crippen LogP) is 5.03. The molecule has 1 aromatic heterocycles. The van der Waals surface area contributed by atoms with Crippen molar-refractivity contribution in [1.29, 1.82) is 0 Å². The van der Waals surface area contributed by atoms with Crippen molar-refractivity contribution in [3.05, 3.63) is 58.6 Å². The number of nitrogens with one attached hydrogen (secondary N) is 2. The van der Waals surface area contributed by atoms with Crippen molar-refractivity contribution in [3.8, 4) is 5.75 Å². The van der Waals surface area contributed by atoms with Gasteiger partial charge in [-0.25, -0.2) is 4.39 Å². The third-order valence-corrected chi connectivity index (χ3v) is 5.85. The number of aromatic nitrogens is 3. The number of carbonyl (C=O) groups is 1. The zero-order chi connectivity index (χ0) is 24.2. The van der Waals surface area contributed by atoms with Gasteiger partial charge >= 0.3 is 0 Å². The van der Waals surface area contributed by atoms with E-state index in [-0.39, 0.29) is 17.0 Å². The zero-order valence-electron chi connectivity index (χ0n) is 19.2. The lowest BCUT2D eigenvalue weighted by Gasteiger charge is -2.32. The number of amides is 1. The average Bonchev–Trinajstić information content (AvgIpc) is 2.79. The summed E-state index contributed by atoms with van der Waals surface area (Å²) in [6, 6.07) is 10.1. The highest BCUT2D eigenvalue weighted by Gasteiger charge is 2.23. The fourth-order valence-electron chi connectivity index (χ4n) is 3.80. The van der Waals surface area contributed by atoms with Crippen LogP contribution in [0.1, 0.15) is 31.2 Å². The van der Waals surface area contributed by atoms with E-state index in [0.717, 1.165) is 29.8 Å². The minimum atomic E-state index is -0.491. The fraction of sp³-hybridized carbons (Fsp3) is 0.333. The Hall–Kier alpha value is -3.46. The van der Waals surface area contributed by atoms with E-state index >= 15 is 0 Å². The number of ether oxygens (including phenoxy) is 1. The molecule has 2 N–H and O–H groups in total. The lowest BCUT2D eigenvalue weighted by molar-refractivity contribution is -0.114. The number of carbonyl (C=O) groups excluding carboxylic acids is 1. The predicted molar refractivity (Wildman–Crippen MR) is 131 cm³/mol. The summed E-state index contributed by atoms with van der Waals surface area (Å²) >= 11 is 5.75. The molecule has 0 saturated carbocycles. The summed E-state index contributed by atoms with van der Waals surface area (Å²) in [5, 5.41) is 6.15. The van der Waals surface area contributed by atoms with Crippen molar-refractivity contribution in [1.82, 2.24) is 15.0 Å². The van der Waals surface area contributed by atoms with Gasteiger partial charge in [0.2, 0.25) is 17.8 Å². The van der Waals surface area contributed by atoms with Crippen LogP contribution in [0.2, 0.25) is 5.02 Å². The van der Waals surface area contributed by atoms with E-state index in [2.05, 4.69) is 30.5 Å². The molecule has 34 heavy (non-hydrogen) atoms. The van der Waals surface area contributed by atoms with Gasteiger partial charge in [-0.15, -0.1) is 0 Å². The van der Waals surface area contributed by atoms with Gasteiger partial charge in [0.25, 0.3) is 0 Å². The maximum atomic E-state index is 13.7. The molecule has 1 fully saturated rings. The van der Waals surface area contributed by atoms with Crippen molar-refractivity contribution in [3.63, 3.8) is 0 Å². The van der Waals surface area contributed by atoms with Crippen LogP contribution in [0, 0.1) is 19.7 Å². The molecule has 8 nitrogen and oxygen atoms in total. The number of hydrogen-bond acceptors (Lipinski definition) is 7. The summed E-state index contributed by atoms with van der Waals surface area (Å²) in [6.45, 7) is 6.60. The quantitative estimate of drug-likeness (QED) is 0.506. The van der Waals surface area contributed by atoms with Gasteiger partial charge in [0, 0.05) is 50.3 Å². The first-order chi connectivity index (χ1) is 16.3. The molecule has 10 heteroatoms. The molecule has 1 amide bonds. The Kier molecular flexibility index (Phi) is 7.12. The normalized spacial score (nSPS) is 14.1. The second kappa shape index (κ2) is 10.2. The number of halogens is 2. The molecule has 178 valence electrons. The Morgan fingerprint density at radius 2 is 1.85 bits per heavy atom. The minimum Gasteiger partial charge on any atom is -0.490 e. The van der Waals surface area contributed by atoms with Crippen molar-refractivity contribution >= 4 is 40.8 Å². The molecule has 2 heterocycles. The van der Waals surface area contributed by atoms with Gasteiger partial charge in [0.05, 0.1) is 5.02 Å². The van der Waals surface area contributed by atoms with Gasteiger partial charge in [-0.1, -0.05) is 17.7 Å². The first-order valence-corrected chi connectivity index (χ1v) is 11.4. The van der Waals surface area contributed by atoms with Gasteiger partial charge in [-0.2, -0.15) is 15.0 Å². The highest BCUT2D eigenvalue weighted by atomic mass is 35.5. The van der Waals surface area contributed by atoms with E-state index in [4.69, 9.17) is 16.3 Å². The number of benzene rings is 2. The Morgan fingerprint density at radius 3 is 2.56 bits per heavy atom. The standard InChI is InChI=1S/C24H26ClFN6O2/c1-14-21(29-16(3)33)5-4-6-22(14)30-23-27-15(2)28-24(31-23)32-11-9-17(10-12-32)34-18-7-8-19(25)20(26)13-18/h4-8,13,17H,9-12H2,1-3H3,(H,29,33)(H,27,28,30,31). The van der Waals surface area contributed by atoms with E-state index < -0.39 is 5.82 Å². The number of piperidine rings is 1. The van der Waals surface area contributed by atoms with Crippen LogP contribution >= 0.6 is 11.6 Å². The van der Waals surface area contributed by atoms with E-state index in [1.807, 2.05) is 32.0 Å². The Labute approximate surface area is 202 Å². The van der Waals surface area contributed by atoms with Crippen LogP contribution in [-0.4, -0.2) is 40.1 Å². The molecule has 0 radical (unpaired) electrons. The molecular weight excluding hydrogens is 459 g/mol. The molecular formula is C24H26ClFN6O2. The Bertz CT molecular complexity index is 1200. The topological polar surface area (TPSA) is 92.3 Å². The summed E-state index contributed by atoms with van der Waals surface area (Å²) in [5.74, 6) is 1.46. The van der Waals surface area contributed by atoms with E-state index in [9.17, 15) is 9.18 Å². The molecule has 1 saturated heterocycles. The maximum Gasteiger partial charge on any atom is 0.232 e. The van der Waals surface area contributed by atoms with Crippen molar-refractivity contribution in [2.24, 2.45) is 0 Å². The summed E-state index contributed by atoms with van der Waals surface area (Å²) in [4.78, 5) is 27.1. The van der Waals surface area contributed by atoms with Crippen LogP contribution in [0.3, 0.4) is 0 Å². The fourth-order valence-corrected chi connectivity index (χ4v) is 3.92. The van der Waals surface area contributed by atoms with Crippen molar-refractivity contribution in [2.75, 3.05) is 28.6 Å². The second-order valence-corrected chi connectivity index (χ2v) is 8.58. The number of anilines is 4. The second-order valence-electron chi connectivity index (χ2n) is 8.17. The van der Waals surface area contributed by atoms with E-state index in [1.54, 1.807) is 6.07 Å². The number of rotatable bonds is 6. The van der Waals surface area contributed by atoms with Gasteiger partial charge in [-0.3, -0.25) is 4.79 Å². The molecule has 2 aromatic carbocycles. The molecule has 0 unspecified atom stereocenters. The third-order valence-electron chi connectivity index (χ3n) is 5.55. The summed E-state index contributed by atoms with van der Waals surface area (Å²) in [6.07, 6.45) is 1.46. The van der Waals surface area contributed by atoms with Gasteiger partial charge in [0.15, 0.2) is 0 Å². The third kappa shape index (κ3) is 5.72.